The molecular formula is C23H14N2. The fraction of sp³-hybridized carbons (Fsp3) is 0. The Hall–Kier alpha value is -3.39. The summed E-state index contributed by atoms with van der Waals surface area (Å²) in [5, 5.41) is 5.17. The van der Waals surface area contributed by atoms with Crippen molar-refractivity contribution in [3.05, 3.63) is 85.1 Å². The number of pyridine rings is 1. The van der Waals surface area contributed by atoms with Crippen molar-refractivity contribution in [3.63, 3.8) is 0 Å². The minimum atomic E-state index is 1.02. The van der Waals surface area contributed by atoms with Gasteiger partial charge in [-0.3, -0.25) is 4.98 Å². The lowest BCUT2D eigenvalue weighted by molar-refractivity contribution is 1.30. The normalized spacial score (nSPS) is 12.0. The van der Waals surface area contributed by atoms with E-state index in [0.29, 0.717) is 0 Å². The van der Waals surface area contributed by atoms with Crippen molar-refractivity contribution in [2.75, 3.05) is 0 Å². The van der Waals surface area contributed by atoms with Crippen LogP contribution in [0.1, 0.15) is 0 Å². The van der Waals surface area contributed by atoms with E-state index in [1.54, 1.807) is 0 Å². The average Bonchev–Trinajstić information content (AvgIpc) is 3.20. The molecule has 0 saturated heterocycles. The molecule has 0 aliphatic carbocycles. The number of nitrogens with zero attached hydrogens (tertiary/aromatic N) is 2. The second kappa shape index (κ2) is 4.58. The molecule has 2 nitrogen and oxygen atoms in total. The SMILES string of the molecule is c1ccc(-c2cc3c4cccc5c6ccccc6n(c3cn2)c54)cc1. The van der Waals surface area contributed by atoms with Crippen LogP contribution in [0.15, 0.2) is 85.1 Å². The van der Waals surface area contributed by atoms with E-state index in [1.165, 1.54) is 38.1 Å². The number of hydrogen-bond donors (Lipinski definition) is 0. The molecule has 6 rings (SSSR count). The van der Waals surface area contributed by atoms with Gasteiger partial charge in [-0.15, -0.1) is 0 Å². The first-order valence-electron chi connectivity index (χ1n) is 8.50. The molecule has 0 aliphatic rings. The van der Waals surface area contributed by atoms with Crippen molar-refractivity contribution in [2.24, 2.45) is 0 Å². The zero-order valence-corrected chi connectivity index (χ0v) is 13.5. The van der Waals surface area contributed by atoms with Crippen LogP contribution < -0.4 is 0 Å². The first-order chi connectivity index (χ1) is 12.4. The minimum absolute atomic E-state index is 1.02. The molecule has 0 spiro atoms. The van der Waals surface area contributed by atoms with Gasteiger partial charge in [0.05, 0.1) is 28.4 Å². The molecule has 0 radical (unpaired) electrons. The smallest absolute Gasteiger partial charge is 0.0725 e. The molecule has 0 unspecified atom stereocenters. The van der Waals surface area contributed by atoms with Crippen LogP contribution >= 0.6 is 0 Å². The molecule has 6 aromatic rings. The molecule has 0 bridgehead atoms. The van der Waals surface area contributed by atoms with Crippen LogP contribution in [0.25, 0.3) is 49.4 Å². The molecule has 3 aromatic heterocycles. The first-order valence-corrected chi connectivity index (χ1v) is 8.50. The van der Waals surface area contributed by atoms with Gasteiger partial charge in [0.25, 0.3) is 0 Å². The molecule has 2 heteroatoms. The van der Waals surface area contributed by atoms with Gasteiger partial charge in [-0.2, -0.15) is 0 Å². The molecule has 0 aliphatic heterocycles. The van der Waals surface area contributed by atoms with Gasteiger partial charge in [0.15, 0.2) is 0 Å². The highest BCUT2D eigenvalue weighted by Gasteiger charge is 2.17. The highest BCUT2D eigenvalue weighted by Crippen LogP contribution is 2.39. The molecular weight excluding hydrogens is 304 g/mol. The monoisotopic (exact) mass is 318 g/mol. The summed E-state index contributed by atoms with van der Waals surface area (Å²) < 4.78 is 2.36. The number of benzene rings is 3. The Morgan fingerprint density at radius 1 is 0.600 bits per heavy atom. The second-order valence-electron chi connectivity index (χ2n) is 6.51. The quantitative estimate of drug-likeness (QED) is 0.369. The third-order valence-electron chi connectivity index (χ3n) is 5.18. The summed E-state index contributed by atoms with van der Waals surface area (Å²) >= 11 is 0. The molecule has 116 valence electrons. The van der Waals surface area contributed by atoms with Crippen molar-refractivity contribution in [3.8, 4) is 11.3 Å². The van der Waals surface area contributed by atoms with E-state index in [9.17, 15) is 0 Å². The highest BCUT2D eigenvalue weighted by molar-refractivity contribution is 6.23. The van der Waals surface area contributed by atoms with Crippen molar-refractivity contribution in [1.29, 1.82) is 0 Å². The molecule has 0 amide bonds. The lowest BCUT2D eigenvalue weighted by atomic mass is 10.1. The van der Waals surface area contributed by atoms with E-state index < -0.39 is 0 Å². The van der Waals surface area contributed by atoms with Gasteiger partial charge < -0.3 is 4.40 Å². The van der Waals surface area contributed by atoms with E-state index in [2.05, 4.69) is 77.2 Å². The fourth-order valence-corrected chi connectivity index (χ4v) is 4.10. The molecule has 3 aromatic carbocycles. The van der Waals surface area contributed by atoms with Crippen molar-refractivity contribution < 1.29 is 0 Å². The summed E-state index contributed by atoms with van der Waals surface area (Å²) in [5.41, 5.74) is 5.89. The largest absolute Gasteiger partial charge is 0.306 e. The number of fused-ring (bicyclic) bond motifs is 6. The summed E-state index contributed by atoms with van der Waals surface area (Å²) in [4.78, 5) is 4.76. The van der Waals surface area contributed by atoms with Gasteiger partial charge in [0.1, 0.15) is 0 Å². The maximum absolute atomic E-state index is 4.76. The number of para-hydroxylation sites is 2. The Balaban J connectivity index is 1.82. The van der Waals surface area contributed by atoms with Crippen LogP contribution in [0.4, 0.5) is 0 Å². The van der Waals surface area contributed by atoms with Crippen LogP contribution in [0, 0.1) is 0 Å². The van der Waals surface area contributed by atoms with E-state index in [-0.39, 0.29) is 0 Å². The van der Waals surface area contributed by atoms with E-state index in [4.69, 9.17) is 4.98 Å². The highest BCUT2D eigenvalue weighted by atomic mass is 14.9. The van der Waals surface area contributed by atoms with Crippen molar-refractivity contribution in [2.45, 2.75) is 0 Å². The van der Waals surface area contributed by atoms with Crippen molar-refractivity contribution >= 4 is 38.1 Å². The first kappa shape index (κ1) is 13.0. The van der Waals surface area contributed by atoms with Crippen LogP contribution in [0.2, 0.25) is 0 Å². The average molecular weight is 318 g/mol. The standard InChI is InChI=1S/C23H14N2/c1-2-7-15(8-3-1)20-13-19-18-11-6-10-17-16-9-4-5-12-21(16)25(23(17)18)22(19)14-24-20/h1-14H. The number of hydrogen-bond acceptors (Lipinski definition) is 1. The van der Waals surface area contributed by atoms with Gasteiger partial charge in [-0.25, -0.2) is 0 Å². The fourth-order valence-electron chi connectivity index (χ4n) is 4.10. The van der Waals surface area contributed by atoms with Gasteiger partial charge in [-0.05, 0) is 12.1 Å². The predicted molar refractivity (Wildman–Crippen MR) is 104 cm³/mol. The lowest BCUT2D eigenvalue weighted by Crippen LogP contribution is -1.85. The van der Waals surface area contributed by atoms with Crippen LogP contribution in [-0.2, 0) is 0 Å². The number of aromatic nitrogens is 2. The topological polar surface area (TPSA) is 17.3 Å². The van der Waals surface area contributed by atoms with Crippen LogP contribution in [0.5, 0.6) is 0 Å². The Morgan fingerprint density at radius 3 is 2.20 bits per heavy atom. The van der Waals surface area contributed by atoms with Crippen LogP contribution in [0.3, 0.4) is 0 Å². The van der Waals surface area contributed by atoms with Gasteiger partial charge in [-0.1, -0.05) is 66.7 Å². The maximum Gasteiger partial charge on any atom is 0.0725 e. The molecule has 0 saturated carbocycles. The Labute approximate surface area is 144 Å². The lowest BCUT2D eigenvalue weighted by Gasteiger charge is -2.02. The summed E-state index contributed by atoms with van der Waals surface area (Å²) in [7, 11) is 0. The van der Waals surface area contributed by atoms with Gasteiger partial charge >= 0.3 is 0 Å². The molecule has 25 heavy (non-hydrogen) atoms. The summed E-state index contributed by atoms with van der Waals surface area (Å²) in [5.74, 6) is 0. The third kappa shape index (κ3) is 1.61. The van der Waals surface area contributed by atoms with E-state index in [1.807, 2.05) is 12.3 Å². The Bertz CT molecular complexity index is 1380. The summed E-state index contributed by atoms with van der Waals surface area (Å²) in [6, 6.07) is 27.8. The Kier molecular flexibility index (Phi) is 2.37. The third-order valence-corrected chi connectivity index (χ3v) is 5.18. The molecule has 3 heterocycles. The number of rotatable bonds is 1. The van der Waals surface area contributed by atoms with Crippen LogP contribution in [-0.4, -0.2) is 9.38 Å². The second-order valence-corrected chi connectivity index (χ2v) is 6.51. The molecule has 0 N–H and O–H groups in total. The Morgan fingerprint density at radius 2 is 1.32 bits per heavy atom. The summed E-state index contributed by atoms with van der Waals surface area (Å²) in [6.45, 7) is 0. The van der Waals surface area contributed by atoms with Crippen molar-refractivity contribution in [1.82, 2.24) is 9.38 Å². The zero-order valence-electron chi connectivity index (χ0n) is 13.5. The maximum atomic E-state index is 4.76. The van der Waals surface area contributed by atoms with E-state index in [0.717, 1.165) is 11.3 Å². The van der Waals surface area contributed by atoms with Gasteiger partial charge in [0.2, 0.25) is 0 Å². The molecule has 0 atom stereocenters. The molecule has 0 fully saturated rings. The van der Waals surface area contributed by atoms with Gasteiger partial charge in [0, 0.05) is 27.1 Å². The minimum Gasteiger partial charge on any atom is -0.306 e. The van der Waals surface area contributed by atoms with E-state index >= 15 is 0 Å². The predicted octanol–water partition coefficient (Wildman–Crippen LogP) is 5.90. The summed E-state index contributed by atoms with van der Waals surface area (Å²) in [6.07, 6.45) is 2.02. The zero-order chi connectivity index (χ0) is 16.4.